The highest BCUT2D eigenvalue weighted by Gasteiger charge is 2.21. The molecule has 0 fully saturated rings. The summed E-state index contributed by atoms with van der Waals surface area (Å²) in [6, 6.07) is 15.2. The van der Waals surface area contributed by atoms with E-state index in [0.29, 0.717) is 28.3 Å². The van der Waals surface area contributed by atoms with Gasteiger partial charge in [-0.15, -0.1) is 11.3 Å². The monoisotopic (exact) mass is 454 g/mol. The van der Waals surface area contributed by atoms with Crippen LogP contribution < -0.4 is 10.1 Å². The lowest BCUT2D eigenvalue weighted by molar-refractivity contribution is -0.384. The maximum Gasteiger partial charge on any atom is 0.350 e. The zero-order valence-corrected chi connectivity index (χ0v) is 18.4. The number of thiophene rings is 1. The molecule has 0 spiro atoms. The van der Waals surface area contributed by atoms with E-state index in [0.717, 1.165) is 16.9 Å². The lowest BCUT2D eigenvalue weighted by Gasteiger charge is -2.07. The maximum atomic E-state index is 12.6. The molecular formula is C23H22N2O6S. The van der Waals surface area contributed by atoms with Crippen LogP contribution in [0.4, 0.5) is 11.4 Å². The number of carbonyl (C=O) groups is 2. The number of hydrogen-bond donors (Lipinski definition) is 1. The van der Waals surface area contributed by atoms with Crippen molar-refractivity contribution in [3.8, 4) is 16.2 Å². The first-order valence-electron chi connectivity index (χ1n) is 9.89. The maximum absolute atomic E-state index is 12.6. The highest BCUT2D eigenvalue weighted by molar-refractivity contribution is 7.18. The largest absolute Gasteiger partial charge is 0.497 e. The van der Waals surface area contributed by atoms with Crippen molar-refractivity contribution in [1.29, 1.82) is 0 Å². The summed E-state index contributed by atoms with van der Waals surface area (Å²) in [4.78, 5) is 36.5. The average molecular weight is 455 g/mol. The van der Waals surface area contributed by atoms with Crippen LogP contribution in [0.5, 0.6) is 5.75 Å². The van der Waals surface area contributed by atoms with Gasteiger partial charge in [0, 0.05) is 23.4 Å². The zero-order valence-electron chi connectivity index (χ0n) is 17.6. The van der Waals surface area contributed by atoms with Gasteiger partial charge in [0.25, 0.3) is 5.69 Å². The first kappa shape index (κ1) is 23.0. The van der Waals surface area contributed by atoms with Gasteiger partial charge in [-0.05, 0) is 42.7 Å². The van der Waals surface area contributed by atoms with Crippen LogP contribution in [0.15, 0.2) is 54.6 Å². The Kier molecular flexibility index (Phi) is 7.56. The number of methoxy groups -OCH3 is 1. The van der Waals surface area contributed by atoms with Crippen molar-refractivity contribution in [2.24, 2.45) is 0 Å². The van der Waals surface area contributed by atoms with Gasteiger partial charge < -0.3 is 14.8 Å². The number of nitro groups is 1. The van der Waals surface area contributed by atoms with E-state index in [1.54, 1.807) is 32.2 Å². The molecule has 0 bridgehead atoms. The highest BCUT2D eigenvalue weighted by Crippen LogP contribution is 2.36. The molecule has 0 atom stereocenters. The Morgan fingerprint density at radius 3 is 2.62 bits per heavy atom. The number of non-ortho nitro benzene ring substituents is 1. The van der Waals surface area contributed by atoms with Gasteiger partial charge in [-0.25, -0.2) is 4.79 Å². The number of rotatable bonds is 9. The molecule has 2 aromatic carbocycles. The summed E-state index contributed by atoms with van der Waals surface area (Å²) in [5, 5.41) is 13.9. The van der Waals surface area contributed by atoms with Crippen molar-refractivity contribution in [1.82, 2.24) is 0 Å². The molecule has 3 aromatic rings. The number of nitrogens with one attached hydrogen (secondary N) is 1. The molecular weight excluding hydrogens is 432 g/mol. The van der Waals surface area contributed by atoms with Crippen molar-refractivity contribution >= 4 is 34.6 Å². The van der Waals surface area contributed by atoms with Crippen LogP contribution in [-0.2, 0) is 16.0 Å². The van der Waals surface area contributed by atoms with E-state index in [1.165, 1.54) is 12.1 Å². The fourth-order valence-corrected chi connectivity index (χ4v) is 4.05. The number of esters is 1. The van der Waals surface area contributed by atoms with E-state index in [4.69, 9.17) is 9.47 Å². The minimum absolute atomic E-state index is 0.0579. The number of carbonyl (C=O) groups excluding carboxylic acids is 2. The Labute approximate surface area is 188 Å². The third kappa shape index (κ3) is 5.70. The number of aryl methyl sites for hydroxylation is 1. The number of anilines is 1. The van der Waals surface area contributed by atoms with Crippen molar-refractivity contribution in [3.63, 3.8) is 0 Å². The Hall–Kier alpha value is -3.72. The van der Waals surface area contributed by atoms with Gasteiger partial charge in [0.2, 0.25) is 5.91 Å². The number of ether oxygens (including phenoxy) is 2. The molecule has 1 heterocycles. The topological polar surface area (TPSA) is 108 Å². The van der Waals surface area contributed by atoms with Crippen LogP contribution in [0.1, 0.15) is 28.6 Å². The summed E-state index contributed by atoms with van der Waals surface area (Å²) in [5.74, 6) is -0.106. The van der Waals surface area contributed by atoms with Crippen molar-refractivity contribution < 1.29 is 24.0 Å². The molecule has 0 aliphatic carbocycles. The summed E-state index contributed by atoms with van der Waals surface area (Å²) in [6.07, 6.45) is 0.705. The van der Waals surface area contributed by atoms with Gasteiger partial charge in [0.05, 0.1) is 24.3 Å². The first-order chi connectivity index (χ1) is 15.4. The highest BCUT2D eigenvalue weighted by atomic mass is 32.1. The number of benzene rings is 2. The van der Waals surface area contributed by atoms with Crippen LogP contribution in [0.25, 0.3) is 10.4 Å². The summed E-state index contributed by atoms with van der Waals surface area (Å²) in [6.45, 7) is 1.88. The third-order valence-electron chi connectivity index (χ3n) is 4.58. The summed E-state index contributed by atoms with van der Waals surface area (Å²) in [5.41, 5.74) is 1.79. The molecule has 0 saturated heterocycles. The minimum atomic E-state index is -0.558. The van der Waals surface area contributed by atoms with Crippen molar-refractivity contribution in [2.75, 3.05) is 19.0 Å². The van der Waals surface area contributed by atoms with Gasteiger partial charge in [-0.2, -0.15) is 0 Å². The molecule has 0 aliphatic rings. The second-order valence-corrected chi connectivity index (χ2v) is 7.83. The molecule has 166 valence electrons. The molecule has 3 rings (SSSR count). The molecule has 0 unspecified atom stereocenters. The lowest BCUT2D eigenvalue weighted by atomic mass is 10.1. The number of amides is 1. The van der Waals surface area contributed by atoms with Crippen molar-refractivity contribution in [3.05, 3.63) is 75.2 Å². The molecule has 1 amide bonds. The Morgan fingerprint density at radius 2 is 1.91 bits per heavy atom. The SMILES string of the molecule is CCOC(=O)c1sc(-c2cccc([N+](=O)[O-])c2)cc1NC(=O)CCc1cccc(OC)c1. The molecule has 1 aromatic heterocycles. The second kappa shape index (κ2) is 10.5. The second-order valence-electron chi connectivity index (χ2n) is 6.78. The lowest BCUT2D eigenvalue weighted by Crippen LogP contribution is -2.14. The summed E-state index contributed by atoms with van der Waals surface area (Å²) in [7, 11) is 1.58. The molecule has 8 nitrogen and oxygen atoms in total. The van der Waals surface area contributed by atoms with Gasteiger partial charge in [0.15, 0.2) is 0 Å². The van der Waals surface area contributed by atoms with Crippen LogP contribution in [0, 0.1) is 10.1 Å². The summed E-state index contributed by atoms with van der Waals surface area (Å²) < 4.78 is 10.3. The number of nitrogens with zero attached hydrogens (tertiary/aromatic N) is 1. The Bertz CT molecular complexity index is 1140. The van der Waals surface area contributed by atoms with Crippen LogP contribution in [0.3, 0.4) is 0 Å². The fraction of sp³-hybridized carbons (Fsp3) is 0.217. The molecule has 0 saturated carbocycles. The average Bonchev–Trinajstić information content (AvgIpc) is 3.22. The predicted octanol–water partition coefficient (Wildman–Crippen LogP) is 5.08. The third-order valence-corrected chi connectivity index (χ3v) is 5.75. The number of hydrogen-bond acceptors (Lipinski definition) is 7. The molecule has 0 aliphatic heterocycles. The van der Waals surface area contributed by atoms with E-state index >= 15 is 0 Å². The first-order valence-corrected chi connectivity index (χ1v) is 10.7. The van der Waals surface area contributed by atoms with E-state index in [1.807, 2.05) is 24.3 Å². The summed E-state index contributed by atoms with van der Waals surface area (Å²) >= 11 is 1.11. The molecule has 32 heavy (non-hydrogen) atoms. The van der Waals surface area contributed by atoms with E-state index in [2.05, 4.69) is 5.32 Å². The van der Waals surface area contributed by atoms with Gasteiger partial charge in [-0.3, -0.25) is 14.9 Å². The Morgan fingerprint density at radius 1 is 1.12 bits per heavy atom. The van der Waals surface area contributed by atoms with Crippen LogP contribution in [0.2, 0.25) is 0 Å². The predicted molar refractivity (Wildman–Crippen MR) is 122 cm³/mol. The van der Waals surface area contributed by atoms with Crippen LogP contribution in [-0.4, -0.2) is 30.5 Å². The van der Waals surface area contributed by atoms with E-state index in [9.17, 15) is 19.7 Å². The number of nitro benzene ring substituents is 1. The van der Waals surface area contributed by atoms with Gasteiger partial charge in [0.1, 0.15) is 10.6 Å². The van der Waals surface area contributed by atoms with E-state index < -0.39 is 10.9 Å². The smallest absolute Gasteiger partial charge is 0.350 e. The fourth-order valence-electron chi connectivity index (χ4n) is 3.05. The quantitative estimate of drug-likeness (QED) is 0.274. The normalized spacial score (nSPS) is 10.4. The zero-order chi connectivity index (χ0) is 23.1. The Balaban J connectivity index is 1.81. The van der Waals surface area contributed by atoms with E-state index in [-0.39, 0.29) is 29.5 Å². The van der Waals surface area contributed by atoms with Gasteiger partial charge in [-0.1, -0.05) is 24.3 Å². The molecule has 9 heteroatoms. The van der Waals surface area contributed by atoms with Crippen molar-refractivity contribution in [2.45, 2.75) is 19.8 Å². The van der Waals surface area contributed by atoms with Crippen LogP contribution >= 0.6 is 11.3 Å². The van der Waals surface area contributed by atoms with Gasteiger partial charge >= 0.3 is 5.97 Å². The standard InChI is InChI=1S/C23H22N2O6S/c1-3-31-23(27)22-19(14-20(32-22)16-7-5-8-17(13-16)25(28)29)24-21(26)11-10-15-6-4-9-18(12-15)30-2/h4-9,12-14H,3,10-11H2,1-2H3,(H,24,26). The molecule has 1 N–H and O–H groups in total. The molecule has 0 radical (unpaired) electrons. The minimum Gasteiger partial charge on any atom is -0.497 e.